The lowest BCUT2D eigenvalue weighted by Gasteiger charge is -2.19. The lowest BCUT2D eigenvalue weighted by molar-refractivity contribution is -0.122. The largest absolute Gasteiger partial charge is 0.444 e. The molecule has 57 heavy (non-hydrogen) atoms. The number of amides is 3. The van der Waals surface area contributed by atoms with Crippen LogP contribution in [-0.2, 0) is 63.4 Å². The van der Waals surface area contributed by atoms with Crippen LogP contribution in [0, 0.1) is 6.92 Å². The van der Waals surface area contributed by atoms with Gasteiger partial charge in [0.1, 0.15) is 12.4 Å². The number of ether oxygens (including phenoxy) is 9. The summed E-state index contributed by atoms with van der Waals surface area (Å²) < 4.78 is 48.8. The molecule has 0 atom stereocenters. The number of hydrogen-bond donors (Lipinski definition) is 3. The van der Waals surface area contributed by atoms with Gasteiger partial charge in [0, 0.05) is 32.5 Å². The summed E-state index contributed by atoms with van der Waals surface area (Å²) in [5.41, 5.74) is 1.99. The van der Waals surface area contributed by atoms with E-state index >= 15 is 0 Å². The summed E-state index contributed by atoms with van der Waals surface area (Å²) in [5.74, 6) is 0.0722. The Bertz CT molecular complexity index is 1090. The Morgan fingerprint density at radius 1 is 0.491 bits per heavy atom. The van der Waals surface area contributed by atoms with Crippen molar-refractivity contribution in [3.63, 3.8) is 0 Å². The Morgan fingerprint density at radius 2 is 0.877 bits per heavy atom. The van der Waals surface area contributed by atoms with Gasteiger partial charge in [-0.05, 0) is 65.4 Å². The second kappa shape index (κ2) is 39.6. The van der Waals surface area contributed by atoms with Crippen molar-refractivity contribution in [1.82, 2.24) is 16.0 Å². The fraction of sp³-hybridized carbons (Fsp3) is 0.756. The van der Waals surface area contributed by atoms with Gasteiger partial charge in [-0.25, -0.2) is 4.79 Å². The Labute approximate surface area is 341 Å². The fourth-order valence-corrected chi connectivity index (χ4v) is 4.61. The van der Waals surface area contributed by atoms with Crippen molar-refractivity contribution in [3.05, 3.63) is 35.4 Å². The second-order valence-corrected chi connectivity index (χ2v) is 13.7. The summed E-state index contributed by atoms with van der Waals surface area (Å²) in [4.78, 5) is 43.5. The molecule has 1 aromatic carbocycles. The molecule has 3 amide bonds. The van der Waals surface area contributed by atoms with Crippen LogP contribution < -0.4 is 16.0 Å². The molecule has 0 fully saturated rings. The minimum atomic E-state index is -0.518. The number of rotatable bonds is 37. The molecule has 0 heterocycles. The highest BCUT2D eigenvalue weighted by molar-refractivity contribution is 5.76. The van der Waals surface area contributed by atoms with Crippen molar-refractivity contribution in [2.24, 2.45) is 0 Å². The van der Waals surface area contributed by atoms with Crippen LogP contribution in [0.25, 0.3) is 0 Å². The molecule has 330 valence electrons. The normalized spacial score (nSPS) is 11.1. The molecular weight excluding hydrogens is 742 g/mol. The summed E-state index contributed by atoms with van der Waals surface area (Å²) in [7, 11) is 0. The van der Waals surface area contributed by atoms with Crippen LogP contribution in [0.4, 0.5) is 4.79 Å². The molecule has 1 rings (SSSR count). The SMILES string of the molecule is C=O.Cc1ccc(CCCC(=O)NCCCCCNC(=O)CCOCCOCCOCCOCCOCCOCCOCCOCCNC(=O)OC(C)(C)C)cc1. The first-order valence-corrected chi connectivity index (χ1v) is 20.1. The van der Waals surface area contributed by atoms with Gasteiger partial charge in [0.2, 0.25) is 11.8 Å². The molecule has 0 saturated heterocycles. The Kier molecular flexibility index (Phi) is 37.4. The third-order valence-electron chi connectivity index (χ3n) is 7.48. The molecule has 0 spiro atoms. The first-order valence-electron chi connectivity index (χ1n) is 20.1. The first kappa shape index (κ1) is 53.8. The van der Waals surface area contributed by atoms with Crippen molar-refractivity contribution in [2.75, 3.05) is 125 Å². The quantitative estimate of drug-likeness (QED) is 0.0829. The second-order valence-electron chi connectivity index (χ2n) is 13.7. The molecule has 0 saturated carbocycles. The third-order valence-corrected chi connectivity index (χ3v) is 7.48. The summed E-state index contributed by atoms with van der Waals surface area (Å²) in [6, 6.07) is 8.44. The monoisotopic (exact) mass is 816 g/mol. The van der Waals surface area contributed by atoms with E-state index in [-0.39, 0.29) is 11.8 Å². The third kappa shape index (κ3) is 40.8. The number of aryl methyl sites for hydroxylation is 2. The Morgan fingerprint density at radius 3 is 1.30 bits per heavy atom. The molecule has 0 radical (unpaired) electrons. The molecule has 0 unspecified atom stereocenters. The maximum atomic E-state index is 12.0. The number of benzene rings is 1. The van der Waals surface area contributed by atoms with Crippen molar-refractivity contribution >= 4 is 24.7 Å². The van der Waals surface area contributed by atoms with E-state index in [1.807, 2.05) is 27.6 Å². The van der Waals surface area contributed by atoms with E-state index in [1.54, 1.807) is 0 Å². The molecule has 1 aromatic rings. The van der Waals surface area contributed by atoms with Gasteiger partial charge in [0.25, 0.3) is 0 Å². The van der Waals surface area contributed by atoms with Crippen LogP contribution in [0.1, 0.15) is 70.4 Å². The predicted octanol–water partition coefficient (Wildman–Crippen LogP) is 3.58. The summed E-state index contributed by atoms with van der Waals surface area (Å²) >= 11 is 0. The summed E-state index contributed by atoms with van der Waals surface area (Å²) in [6.07, 6.45) is 4.88. The van der Waals surface area contributed by atoms with Gasteiger partial charge in [-0.3, -0.25) is 9.59 Å². The smallest absolute Gasteiger partial charge is 0.407 e. The Hall–Kier alpha value is -3.22. The fourth-order valence-electron chi connectivity index (χ4n) is 4.61. The van der Waals surface area contributed by atoms with Crippen LogP contribution in [0.15, 0.2) is 24.3 Å². The molecule has 3 N–H and O–H groups in total. The van der Waals surface area contributed by atoms with Crippen LogP contribution in [-0.4, -0.2) is 156 Å². The highest BCUT2D eigenvalue weighted by atomic mass is 16.6. The zero-order valence-corrected chi connectivity index (χ0v) is 35.2. The number of nitrogens with one attached hydrogen (secondary N) is 3. The van der Waals surface area contributed by atoms with E-state index in [4.69, 9.17) is 47.4 Å². The summed E-state index contributed by atoms with van der Waals surface area (Å²) in [5, 5.41) is 8.52. The van der Waals surface area contributed by atoms with Crippen molar-refractivity contribution < 1.29 is 61.8 Å². The number of unbranched alkanes of at least 4 members (excludes halogenated alkanes) is 2. The number of hydrogen-bond acceptors (Lipinski definition) is 13. The van der Waals surface area contributed by atoms with Crippen molar-refractivity contribution in [3.8, 4) is 0 Å². The van der Waals surface area contributed by atoms with Crippen LogP contribution in [0.5, 0.6) is 0 Å². The van der Waals surface area contributed by atoms with Gasteiger partial charge >= 0.3 is 6.09 Å². The predicted molar refractivity (Wildman–Crippen MR) is 217 cm³/mol. The lowest BCUT2D eigenvalue weighted by atomic mass is 10.1. The number of carbonyl (C=O) groups is 4. The van der Waals surface area contributed by atoms with Gasteiger partial charge in [0.05, 0.1) is 106 Å². The topological polar surface area (TPSA) is 187 Å². The molecule has 0 aromatic heterocycles. The standard InChI is InChI=1S/C40H71N3O12.CH2O/c1-35-11-13-36(14-12-35)9-8-10-37(44)41-16-6-5-7-17-42-38(45)15-19-47-21-23-49-25-27-51-29-31-53-33-34-54-32-30-52-28-26-50-24-22-48-20-18-43-39(46)55-40(2,3)4;1-2/h11-14H,5-10,15-34H2,1-4H3,(H,41,44)(H,42,45)(H,43,46);1H2. The van der Waals surface area contributed by atoms with Gasteiger partial charge in [-0.1, -0.05) is 29.8 Å². The van der Waals surface area contributed by atoms with Gasteiger partial charge in [0.15, 0.2) is 0 Å². The molecule has 16 nitrogen and oxygen atoms in total. The van der Waals surface area contributed by atoms with Gasteiger partial charge < -0.3 is 63.4 Å². The van der Waals surface area contributed by atoms with Crippen LogP contribution in [0.2, 0.25) is 0 Å². The first-order chi connectivity index (χ1) is 27.7. The number of carbonyl (C=O) groups excluding carboxylic acids is 4. The maximum Gasteiger partial charge on any atom is 0.407 e. The van der Waals surface area contributed by atoms with E-state index in [2.05, 4.69) is 47.1 Å². The maximum absolute atomic E-state index is 12.0. The van der Waals surface area contributed by atoms with Crippen molar-refractivity contribution in [2.45, 2.75) is 78.2 Å². The molecule has 0 aliphatic carbocycles. The van der Waals surface area contributed by atoms with E-state index < -0.39 is 11.7 Å². The average Bonchev–Trinajstić information content (AvgIpc) is 3.18. The van der Waals surface area contributed by atoms with Crippen LogP contribution >= 0.6 is 0 Å². The molecular formula is C41H73N3O13. The summed E-state index contributed by atoms with van der Waals surface area (Å²) in [6.45, 7) is 18.3. The highest BCUT2D eigenvalue weighted by Crippen LogP contribution is 2.08. The van der Waals surface area contributed by atoms with Crippen LogP contribution in [0.3, 0.4) is 0 Å². The van der Waals surface area contributed by atoms with Gasteiger partial charge in [-0.15, -0.1) is 0 Å². The zero-order chi connectivity index (χ0) is 42.1. The Balaban J connectivity index is 0.0000154. The minimum Gasteiger partial charge on any atom is -0.444 e. The van der Waals surface area contributed by atoms with E-state index in [0.29, 0.717) is 138 Å². The average molecular weight is 816 g/mol. The van der Waals surface area contributed by atoms with E-state index in [9.17, 15) is 14.4 Å². The lowest BCUT2D eigenvalue weighted by Crippen LogP contribution is -2.34. The van der Waals surface area contributed by atoms with E-state index in [0.717, 1.165) is 32.1 Å². The van der Waals surface area contributed by atoms with Gasteiger partial charge in [-0.2, -0.15) is 0 Å². The molecule has 0 aliphatic rings. The van der Waals surface area contributed by atoms with Crippen molar-refractivity contribution in [1.29, 1.82) is 0 Å². The zero-order valence-electron chi connectivity index (χ0n) is 35.2. The molecule has 16 heteroatoms. The van der Waals surface area contributed by atoms with E-state index in [1.165, 1.54) is 11.1 Å². The molecule has 0 aliphatic heterocycles. The highest BCUT2D eigenvalue weighted by Gasteiger charge is 2.15. The minimum absolute atomic E-state index is 0.0275. The number of alkyl carbamates (subject to hydrolysis) is 1. The molecule has 0 bridgehead atoms.